The Balaban J connectivity index is 2.18. The van der Waals surface area contributed by atoms with Crippen molar-refractivity contribution in [3.63, 3.8) is 0 Å². The van der Waals surface area contributed by atoms with Crippen LogP contribution < -0.4 is 10.1 Å². The van der Waals surface area contributed by atoms with Gasteiger partial charge in [-0.25, -0.2) is 0 Å². The average Bonchev–Trinajstić information content (AvgIpc) is 2.78. The molecule has 0 radical (unpaired) electrons. The average molecular weight is 284 g/mol. The molecule has 1 aromatic heterocycles. The summed E-state index contributed by atoms with van der Waals surface area (Å²) in [6.07, 6.45) is 1.58. The van der Waals surface area contributed by atoms with Crippen molar-refractivity contribution in [2.24, 2.45) is 7.05 Å². The van der Waals surface area contributed by atoms with Crippen LogP contribution in [0, 0.1) is 11.3 Å². The third-order valence-electron chi connectivity index (χ3n) is 2.65. The van der Waals surface area contributed by atoms with Gasteiger partial charge in [-0.05, 0) is 32.0 Å². The number of amides is 1. The van der Waals surface area contributed by atoms with Crippen LogP contribution in [0.2, 0.25) is 0 Å². The highest BCUT2D eigenvalue weighted by molar-refractivity contribution is 6.04. The van der Waals surface area contributed by atoms with Crippen LogP contribution in [0.1, 0.15) is 29.8 Å². The van der Waals surface area contributed by atoms with Crippen LogP contribution in [-0.4, -0.2) is 21.8 Å². The van der Waals surface area contributed by atoms with Crippen LogP contribution in [0.15, 0.2) is 30.5 Å². The summed E-state index contributed by atoms with van der Waals surface area (Å²) in [4.78, 5) is 12.2. The number of hydrogen-bond acceptors (Lipinski definition) is 4. The number of carbonyl (C=O) groups is 1. The van der Waals surface area contributed by atoms with Crippen molar-refractivity contribution in [1.29, 1.82) is 5.26 Å². The lowest BCUT2D eigenvalue weighted by atomic mass is 10.2. The molecule has 108 valence electrons. The van der Waals surface area contributed by atoms with Crippen molar-refractivity contribution in [1.82, 2.24) is 9.78 Å². The lowest BCUT2D eigenvalue weighted by Gasteiger charge is -2.10. The van der Waals surface area contributed by atoms with E-state index >= 15 is 0 Å². The molecule has 0 aliphatic carbocycles. The fraction of sp³-hybridized carbons (Fsp3) is 0.267. The fourth-order valence-electron chi connectivity index (χ4n) is 1.83. The molecule has 0 spiro atoms. The zero-order chi connectivity index (χ0) is 15.4. The number of nitrogens with zero attached hydrogens (tertiary/aromatic N) is 3. The quantitative estimate of drug-likeness (QED) is 0.934. The maximum Gasteiger partial charge on any atom is 0.257 e. The Morgan fingerprint density at radius 3 is 2.90 bits per heavy atom. The number of carbonyl (C=O) groups excluding carboxylic acids is 1. The van der Waals surface area contributed by atoms with Gasteiger partial charge in [0, 0.05) is 18.8 Å². The monoisotopic (exact) mass is 284 g/mol. The van der Waals surface area contributed by atoms with Crippen LogP contribution in [0.3, 0.4) is 0 Å². The van der Waals surface area contributed by atoms with Crippen LogP contribution in [-0.2, 0) is 7.05 Å². The third kappa shape index (κ3) is 3.60. The minimum atomic E-state index is -0.334. The number of anilines is 1. The van der Waals surface area contributed by atoms with Gasteiger partial charge in [0.1, 0.15) is 17.4 Å². The van der Waals surface area contributed by atoms with E-state index in [0.29, 0.717) is 16.9 Å². The molecule has 0 unspecified atom stereocenters. The molecule has 1 amide bonds. The second kappa shape index (κ2) is 6.09. The van der Waals surface area contributed by atoms with Crippen molar-refractivity contribution in [3.8, 4) is 11.8 Å². The second-order valence-electron chi connectivity index (χ2n) is 4.83. The summed E-state index contributed by atoms with van der Waals surface area (Å²) in [5.41, 5.74) is 0.767. The first-order valence-electron chi connectivity index (χ1n) is 6.51. The molecular formula is C15H16N4O2. The van der Waals surface area contributed by atoms with E-state index in [1.807, 2.05) is 19.9 Å². The number of nitriles is 1. The predicted octanol–water partition coefficient (Wildman–Crippen LogP) is 2.33. The molecule has 0 atom stereocenters. The Labute approximate surface area is 123 Å². The molecule has 6 heteroatoms. The largest absolute Gasteiger partial charge is 0.491 e. The topological polar surface area (TPSA) is 79.9 Å². The van der Waals surface area contributed by atoms with E-state index in [2.05, 4.69) is 10.4 Å². The predicted molar refractivity (Wildman–Crippen MR) is 78.1 cm³/mol. The highest BCUT2D eigenvalue weighted by Crippen LogP contribution is 2.17. The zero-order valence-electron chi connectivity index (χ0n) is 12.1. The molecule has 1 heterocycles. The highest BCUT2D eigenvalue weighted by atomic mass is 16.5. The van der Waals surface area contributed by atoms with Crippen molar-refractivity contribution < 1.29 is 9.53 Å². The molecule has 1 N–H and O–H groups in total. The SMILES string of the molecule is CC(C)Oc1cccc(C(=O)Nc2nn(C)cc2C#N)c1. The summed E-state index contributed by atoms with van der Waals surface area (Å²) >= 11 is 0. The molecule has 0 fully saturated rings. The normalized spacial score (nSPS) is 10.2. The first-order valence-corrected chi connectivity index (χ1v) is 6.51. The number of aryl methyl sites for hydroxylation is 1. The van der Waals surface area contributed by atoms with E-state index < -0.39 is 0 Å². The number of aromatic nitrogens is 2. The molecule has 0 saturated carbocycles. The molecule has 2 aromatic rings. The van der Waals surface area contributed by atoms with Crippen molar-refractivity contribution in [2.75, 3.05) is 5.32 Å². The van der Waals surface area contributed by atoms with E-state index in [1.165, 1.54) is 4.68 Å². The van der Waals surface area contributed by atoms with Gasteiger partial charge in [0.05, 0.1) is 6.10 Å². The van der Waals surface area contributed by atoms with Crippen LogP contribution in [0.4, 0.5) is 5.82 Å². The van der Waals surface area contributed by atoms with Crippen molar-refractivity contribution in [2.45, 2.75) is 20.0 Å². The van der Waals surface area contributed by atoms with Gasteiger partial charge in [-0.2, -0.15) is 10.4 Å². The van der Waals surface area contributed by atoms with Crippen LogP contribution in [0.25, 0.3) is 0 Å². The Morgan fingerprint density at radius 1 is 1.48 bits per heavy atom. The molecule has 2 rings (SSSR count). The first kappa shape index (κ1) is 14.6. The number of rotatable bonds is 4. The van der Waals surface area contributed by atoms with Crippen molar-refractivity contribution >= 4 is 11.7 Å². The second-order valence-corrected chi connectivity index (χ2v) is 4.83. The Hall–Kier alpha value is -2.81. The maximum atomic E-state index is 12.2. The minimum Gasteiger partial charge on any atom is -0.491 e. The fourth-order valence-corrected chi connectivity index (χ4v) is 1.83. The molecule has 0 aliphatic rings. The van der Waals surface area contributed by atoms with Crippen LogP contribution >= 0.6 is 0 Å². The molecule has 1 aromatic carbocycles. The Morgan fingerprint density at radius 2 is 2.24 bits per heavy atom. The molecule has 21 heavy (non-hydrogen) atoms. The molecule has 6 nitrogen and oxygen atoms in total. The van der Waals surface area contributed by atoms with E-state index in [0.717, 1.165) is 0 Å². The van der Waals surface area contributed by atoms with Gasteiger partial charge in [-0.15, -0.1) is 0 Å². The van der Waals surface area contributed by atoms with E-state index in [-0.39, 0.29) is 17.8 Å². The van der Waals surface area contributed by atoms with Gasteiger partial charge in [0.15, 0.2) is 5.82 Å². The molecule has 0 aliphatic heterocycles. The lowest BCUT2D eigenvalue weighted by molar-refractivity contribution is 0.102. The highest BCUT2D eigenvalue weighted by Gasteiger charge is 2.13. The van der Waals surface area contributed by atoms with Gasteiger partial charge < -0.3 is 10.1 Å². The van der Waals surface area contributed by atoms with E-state index in [4.69, 9.17) is 10.00 Å². The van der Waals surface area contributed by atoms with Gasteiger partial charge in [-0.1, -0.05) is 6.07 Å². The maximum absolute atomic E-state index is 12.2. The van der Waals surface area contributed by atoms with Gasteiger partial charge >= 0.3 is 0 Å². The summed E-state index contributed by atoms with van der Waals surface area (Å²) in [6, 6.07) is 8.86. The summed E-state index contributed by atoms with van der Waals surface area (Å²) in [5, 5.41) is 15.7. The van der Waals surface area contributed by atoms with E-state index in [1.54, 1.807) is 37.5 Å². The van der Waals surface area contributed by atoms with E-state index in [9.17, 15) is 4.79 Å². The zero-order valence-corrected chi connectivity index (χ0v) is 12.1. The molecular weight excluding hydrogens is 268 g/mol. The summed E-state index contributed by atoms with van der Waals surface area (Å²) in [6.45, 7) is 3.83. The summed E-state index contributed by atoms with van der Waals surface area (Å²) < 4.78 is 7.03. The number of benzene rings is 1. The molecule has 0 bridgehead atoms. The molecule has 0 saturated heterocycles. The van der Waals surface area contributed by atoms with Crippen LogP contribution in [0.5, 0.6) is 5.75 Å². The Bertz CT molecular complexity index is 698. The Kier molecular flexibility index (Phi) is 4.24. The van der Waals surface area contributed by atoms with Gasteiger partial charge in [-0.3, -0.25) is 9.48 Å². The summed E-state index contributed by atoms with van der Waals surface area (Å²) in [7, 11) is 1.69. The smallest absolute Gasteiger partial charge is 0.257 e. The van der Waals surface area contributed by atoms with Gasteiger partial charge in [0.2, 0.25) is 0 Å². The number of hydrogen-bond donors (Lipinski definition) is 1. The summed E-state index contributed by atoms with van der Waals surface area (Å²) in [5.74, 6) is 0.541. The number of ether oxygens (including phenoxy) is 1. The number of nitrogens with one attached hydrogen (secondary N) is 1. The first-order chi connectivity index (χ1) is 9.99. The minimum absolute atomic E-state index is 0.0318. The lowest BCUT2D eigenvalue weighted by Crippen LogP contribution is -2.14. The third-order valence-corrected chi connectivity index (χ3v) is 2.65. The van der Waals surface area contributed by atoms with Gasteiger partial charge in [0.25, 0.3) is 5.91 Å². The van der Waals surface area contributed by atoms with Crippen molar-refractivity contribution in [3.05, 3.63) is 41.6 Å². The standard InChI is InChI=1S/C15H16N4O2/c1-10(2)21-13-6-4-5-11(7-13)15(20)17-14-12(8-16)9-19(3)18-14/h4-7,9-10H,1-3H3,(H,17,18,20).